The molecule has 1 atom stereocenters. The van der Waals surface area contributed by atoms with Crippen LogP contribution in [0.3, 0.4) is 0 Å². The number of piperazine rings is 1. The normalized spacial score (nSPS) is 15.8. The van der Waals surface area contributed by atoms with Crippen molar-refractivity contribution in [2.24, 2.45) is 0 Å². The van der Waals surface area contributed by atoms with Crippen molar-refractivity contribution in [3.05, 3.63) is 83.6 Å². The minimum absolute atomic E-state index is 0.227. The van der Waals surface area contributed by atoms with E-state index in [0.717, 1.165) is 31.0 Å². The third-order valence-corrected chi connectivity index (χ3v) is 5.60. The lowest BCUT2D eigenvalue weighted by Gasteiger charge is -2.35. The highest BCUT2D eigenvalue weighted by Gasteiger charge is 2.22. The number of ether oxygens (including phenoxy) is 2. The third-order valence-electron chi connectivity index (χ3n) is 5.60. The number of hydrogen-bond acceptors (Lipinski definition) is 6. The van der Waals surface area contributed by atoms with Gasteiger partial charge in [-0.2, -0.15) is 0 Å². The van der Waals surface area contributed by atoms with Gasteiger partial charge >= 0.3 is 0 Å². The molecule has 1 fully saturated rings. The Kier molecular flexibility index (Phi) is 6.87. The summed E-state index contributed by atoms with van der Waals surface area (Å²) < 4.78 is 10.7. The highest BCUT2D eigenvalue weighted by molar-refractivity contribution is 5.92. The Morgan fingerprint density at radius 3 is 2.72 bits per heavy atom. The van der Waals surface area contributed by atoms with Gasteiger partial charge in [-0.25, -0.2) is 4.98 Å². The fourth-order valence-corrected chi connectivity index (χ4v) is 3.88. The second kappa shape index (κ2) is 10.2. The fourth-order valence-electron chi connectivity index (χ4n) is 3.88. The third kappa shape index (κ3) is 5.00. The van der Waals surface area contributed by atoms with Gasteiger partial charge in [-0.05, 0) is 35.9 Å². The van der Waals surface area contributed by atoms with E-state index in [0.29, 0.717) is 23.7 Å². The first kappa shape index (κ1) is 21.6. The Balaban J connectivity index is 1.44. The molecule has 2 N–H and O–H groups in total. The topological polar surface area (TPSA) is 75.7 Å². The van der Waals surface area contributed by atoms with Gasteiger partial charge in [0, 0.05) is 37.8 Å². The summed E-state index contributed by atoms with van der Waals surface area (Å²) in [4.78, 5) is 19.7. The molecule has 7 heteroatoms. The van der Waals surface area contributed by atoms with E-state index in [1.165, 1.54) is 5.56 Å². The van der Waals surface area contributed by atoms with Crippen LogP contribution in [0.25, 0.3) is 0 Å². The highest BCUT2D eigenvalue weighted by atomic mass is 16.5. The fraction of sp³-hybridized carbons (Fsp3) is 0.280. The number of pyridine rings is 1. The van der Waals surface area contributed by atoms with E-state index in [1.54, 1.807) is 20.3 Å². The summed E-state index contributed by atoms with van der Waals surface area (Å²) in [5.41, 5.74) is 2.47. The van der Waals surface area contributed by atoms with Crippen molar-refractivity contribution in [1.82, 2.24) is 15.6 Å². The highest BCUT2D eigenvalue weighted by Crippen LogP contribution is 2.24. The summed E-state index contributed by atoms with van der Waals surface area (Å²) in [7, 11) is 3.21. The first-order valence-electron chi connectivity index (χ1n) is 10.7. The number of nitrogens with one attached hydrogen (secondary N) is 2. The summed E-state index contributed by atoms with van der Waals surface area (Å²) in [6, 6.07) is 21.7. The molecular weight excluding hydrogens is 404 g/mol. The van der Waals surface area contributed by atoms with Crippen molar-refractivity contribution in [2.75, 3.05) is 38.8 Å². The van der Waals surface area contributed by atoms with Gasteiger partial charge in [0.1, 0.15) is 23.0 Å². The van der Waals surface area contributed by atoms with E-state index < -0.39 is 0 Å². The average molecular weight is 433 g/mol. The minimum atomic E-state index is -0.230. The number of rotatable bonds is 7. The molecular formula is C25H28N4O3. The molecule has 0 spiro atoms. The lowest BCUT2D eigenvalue weighted by molar-refractivity contribution is 0.0945. The van der Waals surface area contributed by atoms with Gasteiger partial charge < -0.3 is 25.0 Å². The van der Waals surface area contributed by atoms with Gasteiger partial charge in [-0.1, -0.05) is 36.4 Å². The molecule has 1 aliphatic heterocycles. The van der Waals surface area contributed by atoms with Crippen LogP contribution in [-0.4, -0.2) is 44.7 Å². The molecule has 3 aromatic rings. The molecule has 32 heavy (non-hydrogen) atoms. The maximum atomic E-state index is 12.8. The van der Waals surface area contributed by atoms with Crippen molar-refractivity contribution in [3.8, 4) is 11.5 Å². The van der Waals surface area contributed by atoms with Crippen molar-refractivity contribution in [1.29, 1.82) is 0 Å². The Hall–Kier alpha value is -3.58. The molecule has 1 saturated heterocycles. The van der Waals surface area contributed by atoms with Crippen LogP contribution in [0.5, 0.6) is 11.5 Å². The quantitative estimate of drug-likeness (QED) is 0.597. The van der Waals surface area contributed by atoms with Crippen molar-refractivity contribution in [3.63, 3.8) is 0 Å². The summed E-state index contributed by atoms with van der Waals surface area (Å²) in [5, 5.41) is 6.50. The van der Waals surface area contributed by atoms with Crippen LogP contribution in [0.4, 0.5) is 5.82 Å². The molecule has 1 aliphatic rings. The molecule has 7 nitrogen and oxygen atoms in total. The van der Waals surface area contributed by atoms with Gasteiger partial charge in [-0.3, -0.25) is 4.79 Å². The molecule has 166 valence electrons. The smallest absolute Gasteiger partial charge is 0.270 e. The number of hydrogen-bond donors (Lipinski definition) is 2. The Labute approximate surface area is 188 Å². The lowest BCUT2D eigenvalue weighted by atomic mass is 10.0. The van der Waals surface area contributed by atoms with E-state index in [2.05, 4.69) is 44.8 Å². The first-order valence-corrected chi connectivity index (χ1v) is 10.7. The number of nitrogens with zero attached hydrogens (tertiary/aromatic N) is 2. The molecule has 1 unspecified atom stereocenters. The predicted molar refractivity (Wildman–Crippen MR) is 124 cm³/mol. The van der Waals surface area contributed by atoms with E-state index in [9.17, 15) is 4.79 Å². The Morgan fingerprint density at radius 1 is 1.09 bits per heavy atom. The standard InChI is InChI=1S/C25H28N4O3/c1-31-20-11-12-23(32-2)19(15-20)16-27-25(30)21-9-6-10-24(28-21)29-14-13-26-22(17-29)18-7-4-3-5-8-18/h3-12,15,22,26H,13-14,16-17H2,1-2H3,(H,27,30). The minimum Gasteiger partial charge on any atom is -0.497 e. The van der Waals surface area contributed by atoms with E-state index in [1.807, 2.05) is 36.4 Å². The maximum Gasteiger partial charge on any atom is 0.270 e. The molecule has 2 aromatic carbocycles. The summed E-state index contributed by atoms with van der Waals surface area (Å²) >= 11 is 0. The zero-order chi connectivity index (χ0) is 22.3. The van der Waals surface area contributed by atoms with E-state index >= 15 is 0 Å². The van der Waals surface area contributed by atoms with Gasteiger partial charge in [0.25, 0.3) is 5.91 Å². The van der Waals surface area contributed by atoms with Crippen LogP contribution in [0.1, 0.15) is 27.7 Å². The molecule has 1 aromatic heterocycles. The molecule has 0 saturated carbocycles. The van der Waals surface area contributed by atoms with Gasteiger partial charge in [-0.15, -0.1) is 0 Å². The second-order valence-corrected chi connectivity index (χ2v) is 7.60. The Morgan fingerprint density at radius 2 is 1.94 bits per heavy atom. The number of carbonyl (C=O) groups is 1. The van der Waals surface area contributed by atoms with Crippen molar-refractivity contribution < 1.29 is 14.3 Å². The van der Waals surface area contributed by atoms with Crippen LogP contribution in [-0.2, 0) is 6.54 Å². The zero-order valence-corrected chi connectivity index (χ0v) is 18.4. The molecule has 4 rings (SSSR count). The van der Waals surface area contributed by atoms with Gasteiger partial charge in [0.05, 0.1) is 14.2 Å². The van der Waals surface area contributed by atoms with E-state index in [4.69, 9.17) is 9.47 Å². The SMILES string of the molecule is COc1ccc(OC)c(CNC(=O)c2cccc(N3CCNC(c4ccccc4)C3)n2)c1. The summed E-state index contributed by atoms with van der Waals surface area (Å²) in [5.74, 6) is 1.98. The van der Waals surface area contributed by atoms with Gasteiger partial charge in [0.15, 0.2) is 0 Å². The summed E-state index contributed by atoms with van der Waals surface area (Å²) in [6.45, 7) is 2.80. The number of methoxy groups -OCH3 is 2. The summed E-state index contributed by atoms with van der Waals surface area (Å²) in [6.07, 6.45) is 0. The molecule has 1 amide bonds. The van der Waals surface area contributed by atoms with Crippen LogP contribution in [0.2, 0.25) is 0 Å². The number of benzene rings is 2. The van der Waals surface area contributed by atoms with Crippen LogP contribution < -0.4 is 25.0 Å². The predicted octanol–water partition coefficient (Wildman–Crippen LogP) is 3.18. The maximum absolute atomic E-state index is 12.8. The number of anilines is 1. The first-order chi connectivity index (χ1) is 15.7. The lowest BCUT2D eigenvalue weighted by Crippen LogP contribution is -2.46. The molecule has 2 heterocycles. The van der Waals surface area contributed by atoms with E-state index in [-0.39, 0.29) is 11.9 Å². The Bertz CT molecular complexity index is 1060. The average Bonchev–Trinajstić information content (AvgIpc) is 2.87. The van der Waals surface area contributed by atoms with Gasteiger partial charge in [0.2, 0.25) is 0 Å². The monoisotopic (exact) mass is 432 g/mol. The number of aromatic nitrogens is 1. The molecule has 0 radical (unpaired) electrons. The van der Waals surface area contributed by atoms with Crippen molar-refractivity contribution >= 4 is 11.7 Å². The number of amides is 1. The van der Waals surface area contributed by atoms with Crippen LogP contribution in [0, 0.1) is 0 Å². The van der Waals surface area contributed by atoms with Crippen molar-refractivity contribution in [2.45, 2.75) is 12.6 Å². The van der Waals surface area contributed by atoms with Crippen LogP contribution in [0.15, 0.2) is 66.7 Å². The molecule has 0 aliphatic carbocycles. The largest absolute Gasteiger partial charge is 0.497 e. The second-order valence-electron chi connectivity index (χ2n) is 7.60. The molecule has 0 bridgehead atoms. The zero-order valence-electron chi connectivity index (χ0n) is 18.4. The van der Waals surface area contributed by atoms with Crippen LogP contribution >= 0.6 is 0 Å². The number of carbonyl (C=O) groups excluding carboxylic acids is 1.